The van der Waals surface area contributed by atoms with Crippen molar-refractivity contribution in [3.63, 3.8) is 0 Å². The van der Waals surface area contributed by atoms with Crippen LogP contribution in [-0.4, -0.2) is 22.8 Å². The summed E-state index contributed by atoms with van der Waals surface area (Å²) in [6.07, 6.45) is 3.06. The highest BCUT2D eigenvalue weighted by Gasteiger charge is 2.12. The van der Waals surface area contributed by atoms with Gasteiger partial charge in [0.2, 0.25) is 5.91 Å². The van der Waals surface area contributed by atoms with E-state index in [4.69, 9.17) is 11.6 Å². The molecule has 2 aromatic rings. The van der Waals surface area contributed by atoms with Crippen LogP contribution in [0, 0.1) is 12.7 Å². The minimum Gasteiger partial charge on any atom is -0.338 e. The fourth-order valence-corrected chi connectivity index (χ4v) is 2.54. The van der Waals surface area contributed by atoms with Crippen molar-refractivity contribution in [2.24, 2.45) is 0 Å². The van der Waals surface area contributed by atoms with Crippen LogP contribution in [-0.2, 0) is 11.3 Å². The second-order valence-corrected chi connectivity index (χ2v) is 5.99. The van der Waals surface area contributed by atoms with Crippen LogP contribution in [0.1, 0.15) is 16.3 Å². The molecule has 1 heterocycles. The van der Waals surface area contributed by atoms with E-state index in [0.717, 1.165) is 10.7 Å². The third-order valence-electron chi connectivity index (χ3n) is 2.87. The molecule has 0 spiro atoms. The maximum atomic E-state index is 13.7. The van der Waals surface area contributed by atoms with Crippen LogP contribution in [0.15, 0.2) is 29.7 Å². The zero-order valence-corrected chi connectivity index (χ0v) is 13.2. The van der Waals surface area contributed by atoms with Gasteiger partial charge in [0, 0.05) is 35.6 Å². The molecule has 1 amide bonds. The van der Waals surface area contributed by atoms with E-state index in [1.54, 1.807) is 19.2 Å². The molecule has 0 N–H and O–H groups in total. The minimum atomic E-state index is -0.416. The van der Waals surface area contributed by atoms with Gasteiger partial charge in [-0.1, -0.05) is 17.7 Å². The molecule has 0 unspecified atom stereocenters. The third-order valence-corrected chi connectivity index (χ3v) is 4.01. The fraction of sp³-hybridized carbons (Fsp3) is 0.200. The highest BCUT2D eigenvalue weighted by molar-refractivity contribution is 7.09. The highest BCUT2D eigenvalue weighted by Crippen LogP contribution is 2.20. The van der Waals surface area contributed by atoms with E-state index in [2.05, 4.69) is 4.98 Å². The molecule has 0 saturated heterocycles. The van der Waals surface area contributed by atoms with Crippen LogP contribution in [0.25, 0.3) is 6.08 Å². The first-order valence-electron chi connectivity index (χ1n) is 6.25. The number of nitrogens with zero attached hydrogens (tertiary/aromatic N) is 2. The molecule has 0 saturated carbocycles. The molecule has 0 aliphatic rings. The number of aryl methyl sites for hydroxylation is 1. The van der Waals surface area contributed by atoms with Crippen molar-refractivity contribution in [3.8, 4) is 0 Å². The molecule has 1 aromatic heterocycles. The standard InChI is InChI=1S/C15H14ClFN2OS/c1-10-18-11(9-21-10)6-7-15(20)19(2)8-12-13(16)4-3-5-14(12)17/h3-7,9H,8H2,1-2H3. The molecule has 6 heteroatoms. The van der Waals surface area contributed by atoms with E-state index in [0.29, 0.717) is 10.6 Å². The Balaban J connectivity index is 2.04. The summed E-state index contributed by atoms with van der Waals surface area (Å²) < 4.78 is 13.7. The maximum Gasteiger partial charge on any atom is 0.246 e. The van der Waals surface area contributed by atoms with Crippen LogP contribution < -0.4 is 0 Å². The van der Waals surface area contributed by atoms with Crippen LogP contribution in [0.3, 0.4) is 0 Å². The summed E-state index contributed by atoms with van der Waals surface area (Å²) in [5.74, 6) is -0.652. The van der Waals surface area contributed by atoms with Crippen LogP contribution in [0.5, 0.6) is 0 Å². The van der Waals surface area contributed by atoms with Gasteiger partial charge in [-0.05, 0) is 25.1 Å². The van der Waals surface area contributed by atoms with Crippen LogP contribution in [0.4, 0.5) is 4.39 Å². The number of aromatic nitrogens is 1. The number of rotatable bonds is 4. The molecule has 0 bridgehead atoms. The lowest BCUT2D eigenvalue weighted by atomic mass is 10.2. The van der Waals surface area contributed by atoms with Gasteiger partial charge in [-0.25, -0.2) is 9.37 Å². The number of carbonyl (C=O) groups is 1. The number of benzene rings is 1. The monoisotopic (exact) mass is 324 g/mol. The Labute approximate surface area is 131 Å². The lowest BCUT2D eigenvalue weighted by Crippen LogP contribution is -2.24. The van der Waals surface area contributed by atoms with Crippen molar-refractivity contribution in [2.75, 3.05) is 7.05 Å². The van der Waals surface area contributed by atoms with E-state index in [9.17, 15) is 9.18 Å². The molecule has 2 rings (SSSR count). The molecule has 0 aliphatic carbocycles. The molecule has 1 aromatic carbocycles. The Hall–Kier alpha value is -1.72. The number of halogens is 2. The summed E-state index contributed by atoms with van der Waals surface area (Å²) in [7, 11) is 1.60. The number of likely N-dealkylation sites (N-methyl/N-ethyl adjacent to an activating group) is 1. The van der Waals surface area contributed by atoms with E-state index in [1.807, 2.05) is 12.3 Å². The summed E-state index contributed by atoms with van der Waals surface area (Å²) in [5, 5.41) is 3.12. The van der Waals surface area contributed by atoms with Crippen molar-refractivity contribution < 1.29 is 9.18 Å². The van der Waals surface area contributed by atoms with Gasteiger partial charge in [0.25, 0.3) is 0 Å². The largest absolute Gasteiger partial charge is 0.338 e. The Kier molecular flexibility index (Phi) is 5.09. The third kappa shape index (κ3) is 4.12. The van der Waals surface area contributed by atoms with Gasteiger partial charge in [-0.15, -0.1) is 11.3 Å². The number of thiazole rings is 1. The minimum absolute atomic E-state index is 0.116. The lowest BCUT2D eigenvalue weighted by molar-refractivity contribution is -0.125. The van der Waals surface area contributed by atoms with Crippen LogP contribution in [0.2, 0.25) is 5.02 Å². The Morgan fingerprint density at radius 3 is 2.90 bits per heavy atom. The molecule has 3 nitrogen and oxygen atoms in total. The summed E-state index contributed by atoms with van der Waals surface area (Å²) in [5.41, 5.74) is 1.05. The first kappa shape index (κ1) is 15.7. The van der Waals surface area contributed by atoms with Gasteiger partial charge >= 0.3 is 0 Å². The molecule has 0 fully saturated rings. The zero-order chi connectivity index (χ0) is 15.4. The number of hydrogen-bond acceptors (Lipinski definition) is 3. The van der Waals surface area contributed by atoms with Crippen molar-refractivity contribution in [1.82, 2.24) is 9.88 Å². The van der Waals surface area contributed by atoms with Crippen molar-refractivity contribution in [1.29, 1.82) is 0 Å². The van der Waals surface area contributed by atoms with Crippen LogP contribution >= 0.6 is 22.9 Å². The summed E-state index contributed by atoms with van der Waals surface area (Å²) in [6, 6.07) is 4.47. The topological polar surface area (TPSA) is 33.2 Å². The summed E-state index contributed by atoms with van der Waals surface area (Å²) in [4.78, 5) is 17.6. The van der Waals surface area contributed by atoms with Crippen molar-refractivity contribution in [3.05, 3.63) is 56.8 Å². The molecule has 21 heavy (non-hydrogen) atoms. The molecular weight excluding hydrogens is 311 g/mol. The Morgan fingerprint density at radius 1 is 1.52 bits per heavy atom. The predicted molar refractivity (Wildman–Crippen MR) is 83.8 cm³/mol. The number of carbonyl (C=O) groups excluding carboxylic acids is 1. The average molecular weight is 325 g/mol. The predicted octanol–water partition coefficient (Wildman–Crippen LogP) is 3.92. The van der Waals surface area contributed by atoms with E-state index in [1.165, 1.54) is 34.4 Å². The summed E-state index contributed by atoms with van der Waals surface area (Å²) >= 11 is 7.47. The van der Waals surface area contributed by atoms with E-state index < -0.39 is 5.82 Å². The van der Waals surface area contributed by atoms with Crippen molar-refractivity contribution in [2.45, 2.75) is 13.5 Å². The lowest BCUT2D eigenvalue weighted by Gasteiger charge is -2.16. The zero-order valence-electron chi connectivity index (χ0n) is 11.6. The van der Waals surface area contributed by atoms with E-state index in [-0.39, 0.29) is 12.5 Å². The molecule has 0 atom stereocenters. The smallest absolute Gasteiger partial charge is 0.246 e. The van der Waals surface area contributed by atoms with Gasteiger partial charge in [0.1, 0.15) is 5.82 Å². The Morgan fingerprint density at radius 2 is 2.29 bits per heavy atom. The van der Waals surface area contributed by atoms with Gasteiger partial charge in [-0.3, -0.25) is 4.79 Å². The second-order valence-electron chi connectivity index (χ2n) is 4.52. The van der Waals surface area contributed by atoms with Gasteiger partial charge < -0.3 is 4.90 Å². The quantitative estimate of drug-likeness (QED) is 0.799. The number of hydrogen-bond donors (Lipinski definition) is 0. The first-order chi connectivity index (χ1) is 9.97. The van der Waals surface area contributed by atoms with Gasteiger partial charge in [-0.2, -0.15) is 0 Å². The maximum absolute atomic E-state index is 13.7. The normalized spacial score (nSPS) is 11.0. The van der Waals surface area contributed by atoms with Crippen molar-refractivity contribution >= 4 is 34.9 Å². The molecular formula is C15H14ClFN2OS. The molecule has 110 valence electrons. The second kappa shape index (κ2) is 6.83. The Bertz CT molecular complexity index is 664. The molecule has 0 aliphatic heterocycles. The fourth-order valence-electron chi connectivity index (χ4n) is 1.74. The average Bonchev–Trinajstić information content (AvgIpc) is 2.86. The highest BCUT2D eigenvalue weighted by atomic mass is 35.5. The van der Waals surface area contributed by atoms with Gasteiger partial charge in [0.15, 0.2) is 0 Å². The van der Waals surface area contributed by atoms with E-state index >= 15 is 0 Å². The molecule has 0 radical (unpaired) electrons. The SMILES string of the molecule is Cc1nc(C=CC(=O)N(C)Cc2c(F)cccc2Cl)cs1. The van der Waals surface area contributed by atoms with Gasteiger partial charge in [0.05, 0.1) is 10.7 Å². The number of amides is 1. The first-order valence-corrected chi connectivity index (χ1v) is 7.51. The summed E-state index contributed by atoms with van der Waals surface area (Å²) in [6.45, 7) is 2.01.